The van der Waals surface area contributed by atoms with Crippen molar-refractivity contribution in [3.05, 3.63) is 77.3 Å². The van der Waals surface area contributed by atoms with E-state index in [4.69, 9.17) is 0 Å². The number of sulfonamides is 1. The molecule has 0 saturated carbocycles. The molecule has 1 aromatic carbocycles. The van der Waals surface area contributed by atoms with Crippen molar-refractivity contribution in [1.82, 2.24) is 0 Å². The molecule has 0 unspecified atom stereocenters. The van der Waals surface area contributed by atoms with Crippen molar-refractivity contribution in [2.75, 3.05) is 0 Å². The van der Waals surface area contributed by atoms with Crippen LogP contribution >= 0.6 is 0 Å². The zero-order chi connectivity index (χ0) is 19.8. The molecule has 0 amide bonds. The molecule has 1 N–H and O–H groups in total. The summed E-state index contributed by atoms with van der Waals surface area (Å²) in [5.41, 5.74) is 1.42. The smallest absolute Gasteiger partial charge is 0.303 e. The molecule has 1 aliphatic carbocycles. The van der Waals surface area contributed by atoms with Crippen molar-refractivity contribution in [3.8, 4) is 0 Å². The van der Waals surface area contributed by atoms with E-state index in [1.807, 2.05) is 6.92 Å². The van der Waals surface area contributed by atoms with Gasteiger partial charge >= 0.3 is 5.70 Å². The number of ketones is 1. The highest BCUT2D eigenvalue weighted by Crippen LogP contribution is 2.26. The first-order valence-electron chi connectivity index (χ1n) is 8.27. The van der Waals surface area contributed by atoms with Gasteiger partial charge in [0.15, 0.2) is 18.2 Å². The van der Waals surface area contributed by atoms with Gasteiger partial charge in [-0.15, -0.1) is 0 Å². The van der Waals surface area contributed by atoms with Gasteiger partial charge in [0.05, 0.1) is 4.90 Å². The first-order chi connectivity index (χ1) is 12.7. The molecular weight excluding hydrogens is 364 g/mol. The first kappa shape index (κ1) is 18.7. The summed E-state index contributed by atoms with van der Waals surface area (Å²) in [7, 11) is -4.07. The van der Waals surface area contributed by atoms with Crippen LogP contribution in [-0.2, 0) is 14.8 Å². The average molecular weight is 383 g/mol. The van der Waals surface area contributed by atoms with Gasteiger partial charge < -0.3 is 5.11 Å². The van der Waals surface area contributed by atoms with Crippen LogP contribution in [0.5, 0.6) is 0 Å². The topological polar surface area (TPSA) is 87.7 Å². The predicted molar refractivity (Wildman–Crippen MR) is 102 cm³/mol. The summed E-state index contributed by atoms with van der Waals surface area (Å²) in [4.78, 5) is 13.0. The van der Waals surface area contributed by atoms with E-state index >= 15 is 0 Å². The molecular formula is C20H19N2O4S+. The van der Waals surface area contributed by atoms with Crippen molar-refractivity contribution >= 4 is 27.2 Å². The molecule has 0 fully saturated rings. The fourth-order valence-corrected chi connectivity index (χ4v) is 3.75. The highest BCUT2D eigenvalue weighted by atomic mass is 32.2. The van der Waals surface area contributed by atoms with E-state index in [2.05, 4.69) is 4.40 Å². The zero-order valence-corrected chi connectivity index (χ0v) is 16.0. The monoisotopic (exact) mass is 383 g/mol. The Morgan fingerprint density at radius 1 is 0.926 bits per heavy atom. The fourth-order valence-electron chi connectivity index (χ4n) is 2.70. The number of aliphatic hydroxyl groups is 1. The van der Waals surface area contributed by atoms with E-state index in [1.54, 1.807) is 56.6 Å². The lowest BCUT2D eigenvalue weighted by atomic mass is 9.93. The lowest BCUT2D eigenvalue weighted by Gasteiger charge is -2.16. The lowest BCUT2D eigenvalue weighted by molar-refractivity contribution is -0.578. The fraction of sp³-hybridized carbons (Fsp3) is 0.150. The molecule has 0 radical (unpaired) electrons. The van der Waals surface area contributed by atoms with Gasteiger partial charge in [0.25, 0.3) is 15.8 Å². The maximum absolute atomic E-state index is 13.0. The number of aliphatic hydroxyl groups excluding tert-OH is 1. The summed E-state index contributed by atoms with van der Waals surface area (Å²) in [5, 5.41) is 10.5. The van der Waals surface area contributed by atoms with Gasteiger partial charge in [0.1, 0.15) is 5.71 Å². The van der Waals surface area contributed by atoms with Crippen molar-refractivity contribution in [1.29, 1.82) is 0 Å². The van der Waals surface area contributed by atoms with Gasteiger partial charge in [-0.25, -0.2) is 0 Å². The molecule has 2 aromatic rings. The van der Waals surface area contributed by atoms with Crippen LogP contribution < -0.4 is 4.57 Å². The van der Waals surface area contributed by atoms with E-state index in [9.17, 15) is 18.3 Å². The van der Waals surface area contributed by atoms with Gasteiger partial charge in [-0.3, -0.25) is 4.79 Å². The number of carbonyl (C=O) groups excluding carboxylic acids is 1. The zero-order valence-electron chi connectivity index (χ0n) is 15.2. The predicted octanol–water partition coefficient (Wildman–Crippen LogP) is 2.76. The Hall–Kier alpha value is -3.06. The molecule has 7 heteroatoms. The maximum Gasteiger partial charge on any atom is 0.303 e. The number of carbonyl (C=O) groups is 1. The number of nitrogens with zero attached hydrogens (tertiary/aromatic N) is 2. The number of Topliss-reactive ketones (excluding diaryl/α,β-unsaturated/α-hetero) is 1. The number of hydrogen-bond acceptors (Lipinski definition) is 4. The molecule has 1 aliphatic rings. The van der Waals surface area contributed by atoms with Crippen LogP contribution in [0.15, 0.2) is 81.1 Å². The summed E-state index contributed by atoms with van der Waals surface area (Å²) >= 11 is 0. The molecule has 1 aromatic heterocycles. The van der Waals surface area contributed by atoms with Crippen molar-refractivity contribution in [2.24, 2.45) is 4.40 Å². The van der Waals surface area contributed by atoms with Crippen LogP contribution in [0, 0.1) is 6.92 Å². The number of aryl methyl sites for hydroxylation is 1. The summed E-state index contributed by atoms with van der Waals surface area (Å²) in [6, 6.07) is 11.4. The van der Waals surface area contributed by atoms with Gasteiger partial charge in [-0.1, -0.05) is 23.8 Å². The second kappa shape index (κ2) is 6.92. The van der Waals surface area contributed by atoms with Crippen molar-refractivity contribution < 1.29 is 22.9 Å². The number of hydrogen-bond donors (Lipinski definition) is 1. The molecule has 27 heavy (non-hydrogen) atoms. The largest absolute Gasteiger partial charge is 0.502 e. The molecule has 0 spiro atoms. The van der Waals surface area contributed by atoms with Crippen molar-refractivity contribution in [3.63, 3.8) is 0 Å². The quantitative estimate of drug-likeness (QED) is 0.652. The van der Waals surface area contributed by atoms with E-state index in [1.165, 1.54) is 16.7 Å². The minimum absolute atomic E-state index is 0.00606. The Bertz CT molecular complexity index is 1110. The lowest BCUT2D eigenvalue weighted by Crippen LogP contribution is -2.42. The second-order valence-corrected chi connectivity index (χ2v) is 7.89. The molecule has 6 nitrogen and oxygen atoms in total. The minimum Gasteiger partial charge on any atom is -0.502 e. The van der Waals surface area contributed by atoms with Crippen LogP contribution in [0.25, 0.3) is 5.70 Å². The number of pyridine rings is 1. The highest BCUT2D eigenvalue weighted by Gasteiger charge is 2.37. The van der Waals surface area contributed by atoms with Gasteiger partial charge in [-0.05, 0) is 38.5 Å². The standard InChI is InChI=1S/C20H18N2O4S/c1-13-7-9-16(10-8-13)27(25,26)21-17-14(2)15(3)19(23)18(20(17)24)22-11-5-4-6-12-22/h4-12H,1-3H3/p+1. The normalized spacial score (nSPS) is 17.0. The van der Waals surface area contributed by atoms with Crippen LogP contribution in [-0.4, -0.2) is 25.0 Å². The van der Waals surface area contributed by atoms with Crippen LogP contribution in [0.2, 0.25) is 0 Å². The first-order valence-corrected chi connectivity index (χ1v) is 9.71. The third-order valence-electron chi connectivity index (χ3n) is 4.43. The molecule has 3 rings (SSSR count). The average Bonchev–Trinajstić information content (AvgIpc) is 2.65. The number of aromatic nitrogens is 1. The third kappa shape index (κ3) is 3.46. The van der Waals surface area contributed by atoms with Crippen LogP contribution in [0.4, 0.5) is 0 Å². The third-order valence-corrected chi connectivity index (χ3v) is 5.72. The summed E-state index contributed by atoms with van der Waals surface area (Å²) in [5.74, 6) is -0.845. The Kier molecular flexibility index (Phi) is 4.80. The van der Waals surface area contributed by atoms with Gasteiger partial charge in [0, 0.05) is 17.7 Å². The summed E-state index contributed by atoms with van der Waals surface area (Å²) < 4.78 is 30.6. The minimum atomic E-state index is -4.07. The molecule has 0 aliphatic heterocycles. The van der Waals surface area contributed by atoms with Gasteiger partial charge in [0.2, 0.25) is 0 Å². The Morgan fingerprint density at radius 3 is 2.11 bits per heavy atom. The van der Waals surface area contributed by atoms with E-state index in [0.29, 0.717) is 11.1 Å². The molecule has 0 saturated heterocycles. The Morgan fingerprint density at radius 2 is 1.52 bits per heavy atom. The summed E-state index contributed by atoms with van der Waals surface area (Å²) in [6.07, 6.45) is 3.20. The molecule has 138 valence electrons. The number of rotatable bonds is 3. The SMILES string of the molecule is CC1=C(C)C(O)=C([n+]2ccccc2)C(=O)C1=NS(=O)(=O)c1ccc(C)cc1. The van der Waals surface area contributed by atoms with E-state index < -0.39 is 15.8 Å². The molecule has 0 atom stereocenters. The van der Waals surface area contributed by atoms with Crippen molar-refractivity contribution in [2.45, 2.75) is 25.7 Å². The molecule has 0 bridgehead atoms. The Labute approximate surface area is 157 Å². The number of benzene rings is 1. The van der Waals surface area contributed by atoms with Crippen LogP contribution in [0.3, 0.4) is 0 Å². The van der Waals surface area contributed by atoms with E-state index in [-0.39, 0.29) is 22.1 Å². The highest BCUT2D eigenvalue weighted by molar-refractivity contribution is 7.90. The maximum atomic E-state index is 13.0. The van der Waals surface area contributed by atoms with Crippen LogP contribution in [0.1, 0.15) is 19.4 Å². The van der Waals surface area contributed by atoms with E-state index in [0.717, 1.165) is 5.56 Å². The van der Waals surface area contributed by atoms with Gasteiger partial charge in [-0.2, -0.15) is 17.4 Å². The summed E-state index contributed by atoms with van der Waals surface area (Å²) in [6.45, 7) is 5.04. The second-order valence-electron chi connectivity index (χ2n) is 6.29. The molecule has 1 heterocycles. The Balaban J connectivity index is 2.16. The number of allylic oxidation sites excluding steroid dienone is 3.